The maximum atomic E-state index is 3.31. The second-order valence-corrected chi connectivity index (χ2v) is 3.66. The van der Waals surface area contributed by atoms with Crippen molar-refractivity contribution in [1.29, 1.82) is 0 Å². The van der Waals surface area contributed by atoms with Gasteiger partial charge in [0, 0.05) is 19.0 Å². The Morgan fingerprint density at radius 2 is 1.69 bits per heavy atom. The molecule has 0 aliphatic carbocycles. The number of rotatable bonds is 1. The molecule has 72 valence electrons. The number of hydrogen-bond donors (Lipinski definition) is 1. The molecule has 0 aromatic heterocycles. The van der Waals surface area contributed by atoms with Crippen LogP contribution in [-0.2, 0) is 0 Å². The van der Waals surface area contributed by atoms with Gasteiger partial charge in [0.15, 0.2) is 0 Å². The molecule has 0 spiro atoms. The van der Waals surface area contributed by atoms with Gasteiger partial charge in [-0.1, -0.05) is 18.2 Å². The van der Waals surface area contributed by atoms with Crippen molar-refractivity contribution in [2.75, 3.05) is 13.1 Å². The van der Waals surface area contributed by atoms with Crippen molar-refractivity contribution in [3.05, 3.63) is 34.9 Å². The van der Waals surface area contributed by atoms with Gasteiger partial charge in [-0.05, 0) is 30.5 Å². The molecule has 0 unspecified atom stereocenters. The second-order valence-electron chi connectivity index (χ2n) is 3.66. The third kappa shape index (κ3) is 1.87. The molecule has 0 radical (unpaired) electrons. The largest absolute Gasteiger partial charge is 0.315 e. The highest BCUT2D eigenvalue weighted by Crippen LogP contribution is 2.26. The van der Waals surface area contributed by atoms with Crippen molar-refractivity contribution in [3.63, 3.8) is 0 Å². The van der Waals surface area contributed by atoms with Crippen molar-refractivity contribution >= 4 is 12.4 Å². The molecule has 0 bridgehead atoms. The summed E-state index contributed by atoms with van der Waals surface area (Å²) in [7, 11) is 0. The van der Waals surface area contributed by atoms with E-state index in [0.29, 0.717) is 0 Å². The highest BCUT2D eigenvalue weighted by atomic mass is 35.5. The van der Waals surface area contributed by atoms with Crippen LogP contribution in [0.2, 0.25) is 0 Å². The first kappa shape index (κ1) is 10.6. The third-order valence-electron chi connectivity index (χ3n) is 2.73. The van der Waals surface area contributed by atoms with E-state index >= 15 is 0 Å². The van der Waals surface area contributed by atoms with E-state index in [2.05, 4.69) is 37.4 Å². The van der Waals surface area contributed by atoms with Crippen LogP contribution in [-0.4, -0.2) is 13.1 Å². The molecule has 1 aliphatic rings. The van der Waals surface area contributed by atoms with Crippen LogP contribution in [0.1, 0.15) is 22.6 Å². The summed E-state index contributed by atoms with van der Waals surface area (Å²) in [6.07, 6.45) is 0. The predicted octanol–water partition coefficient (Wildman–Crippen LogP) is 2.41. The topological polar surface area (TPSA) is 12.0 Å². The smallest absolute Gasteiger partial charge is 0.00937 e. The van der Waals surface area contributed by atoms with Crippen LogP contribution in [0.15, 0.2) is 18.2 Å². The summed E-state index contributed by atoms with van der Waals surface area (Å²) >= 11 is 0. The van der Waals surface area contributed by atoms with E-state index in [1.807, 2.05) is 0 Å². The zero-order chi connectivity index (χ0) is 8.55. The highest BCUT2D eigenvalue weighted by molar-refractivity contribution is 5.85. The zero-order valence-corrected chi connectivity index (χ0v) is 8.95. The van der Waals surface area contributed by atoms with Gasteiger partial charge in [-0.15, -0.1) is 12.4 Å². The summed E-state index contributed by atoms with van der Waals surface area (Å²) in [4.78, 5) is 0. The number of nitrogens with one attached hydrogen (secondary N) is 1. The fraction of sp³-hybridized carbons (Fsp3) is 0.455. The molecule has 1 aromatic rings. The molecule has 1 nitrogen and oxygen atoms in total. The first-order chi connectivity index (χ1) is 5.79. The van der Waals surface area contributed by atoms with Crippen LogP contribution in [0.5, 0.6) is 0 Å². The first-order valence-corrected chi connectivity index (χ1v) is 4.56. The fourth-order valence-corrected chi connectivity index (χ4v) is 1.96. The monoisotopic (exact) mass is 197 g/mol. The standard InChI is InChI=1S/C11H15N.ClH/c1-8-4-3-5-9(2)11(8)10-6-12-7-10;/h3-5,10,12H,6-7H2,1-2H3;1H. The van der Waals surface area contributed by atoms with Gasteiger partial charge in [0.1, 0.15) is 0 Å². The normalized spacial score (nSPS) is 16.2. The number of benzene rings is 1. The molecule has 2 heteroatoms. The van der Waals surface area contributed by atoms with E-state index in [9.17, 15) is 0 Å². The lowest BCUT2D eigenvalue weighted by atomic mass is 9.87. The van der Waals surface area contributed by atoms with Crippen LogP contribution < -0.4 is 5.32 Å². The van der Waals surface area contributed by atoms with Crippen LogP contribution in [0.3, 0.4) is 0 Å². The summed E-state index contributed by atoms with van der Waals surface area (Å²) in [5.74, 6) is 0.770. The molecule has 2 rings (SSSR count). The Kier molecular flexibility index (Phi) is 3.34. The minimum atomic E-state index is 0. The average Bonchev–Trinajstić information content (AvgIpc) is 1.93. The van der Waals surface area contributed by atoms with Crippen molar-refractivity contribution < 1.29 is 0 Å². The van der Waals surface area contributed by atoms with Gasteiger partial charge in [0.2, 0.25) is 0 Å². The fourth-order valence-electron chi connectivity index (χ4n) is 1.96. The van der Waals surface area contributed by atoms with Crippen LogP contribution >= 0.6 is 12.4 Å². The number of aryl methyl sites for hydroxylation is 2. The lowest BCUT2D eigenvalue weighted by Crippen LogP contribution is -2.40. The van der Waals surface area contributed by atoms with Crippen molar-refractivity contribution in [3.8, 4) is 0 Å². The SMILES string of the molecule is Cc1cccc(C)c1C1CNC1.Cl. The molecule has 0 amide bonds. The molecule has 0 atom stereocenters. The quantitative estimate of drug-likeness (QED) is 0.729. The predicted molar refractivity (Wildman–Crippen MR) is 58.8 cm³/mol. The van der Waals surface area contributed by atoms with E-state index in [1.165, 1.54) is 11.1 Å². The molecule has 13 heavy (non-hydrogen) atoms. The Morgan fingerprint density at radius 3 is 2.08 bits per heavy atom. The van der Waals surface area contributed by atoms with Gasteiger partial charge in [0.25, 0.3) is 0 Å². The summed E-state index contributed by atoms with van der Waals surface area (Å²) < 4.78 is 0. The van der Waals surface area contributed by atoms with Gasteiger partial charge in [-0.3, -0.25) is 0 Å². The van der Waals surface area contributed by atoms with Crippen molar-refractivity contribution in [1.82, 2.24) is 5.32 Å². The van der Waals surface area contributed by atoms with Crippen molar-refractivity contribution in [2.45, 2.75) is 19.8 Å². The van der Waals surface area contributed by atoms with Crippen LogP contribution in [0.4, 0.5) is 0 Å². The van der Waals surface area contributed by atoms with E-state index in [1.54, 1.807) is 5.56 Å². The molecule has 1 saturated heterocycles. The highest BCUT2D eigenvalue weighted by Gasteiger charge is 2.21. The maximum absolute atomic E-state index is 3.31. The molecular formula is C11H16ClN. The summed E-state index contributed by atoms with van der Waals surface area (Å²) in [6, 6.07) is 6.56. The Hall–Kier alpha value is -0.530. The third-order valence-corrected chi connectivity index (χ3v) is 2.73. The van der Waals surface area contributed by atoms with Crippen LogP contribution in [0, 0.1) is 13.8 Å². The average molecular weight is 198 g/mol. The van der Waals surface area contributed by atoms with Gasteiger partial charge in [-0.2, -0.15) is 0 Å². The Bertz CT molecular complexity index is 272. The summed E-state index contributed by atoms with van der Waals surface area (Å²) in [5.41, 5.74) is 4.46. The van der Waals surface area contributed by atoms with Crippen LogP contribution in [0.25, 0.3) is 0 Å². The van der Waals surface area contributed by atoms with Gasteiger partial charge < -0.3 is 5.32 Å². The Morgan fingerprint density at radius 1 is 1.15 bits per heavy atom. The number of halogens is 1. The minimum absolute atomic E-state index is 0. The van der Waals surface area contributed by atoms with E-state index in [-0.39, 0.29) is 12.4 Å². The molecule has 1 N–H and O–H groups in total. The van der Waals surface area contributed by atoms with Crippen molar-refractivity contribution in [2.24, 2.45) is 0 Å². The first-order valence-electron chi connectivity index (χ1n) is 4.56. The maximum Gasteiger partial charge on any atom is 0.00937 e. The van der Waals surface area contributed by atoms with Gasteiger partial charge >= 0.3 is 0 Å². The lowest BCUT2D eigenvalue weighted by molar-refractivity contribution is 0.445. The Balaban J connectivity index is 0.000000845. The van der Waals surface area contributed by atoms with E-state index in [4.69, 9.17) is 0 Å². The molecule has 1 aromatic carbocycles. The van der Waals surface area contributed by atoms with E-state index in [0.717, 1.165) is 19.0 Å². The number of hydrogen-bond acceptors (Lipinski definition) is 1. The minimum Gasteiger partial charge on any atom is -0.315 e. The second kappa shape index (κ2) is 4.12. The lowest BCUT2D eigenvalue weighted by Gasteiger charge is -2.30. The zero-order valence-electron chi connectivity index (χ0n) is 8.13. The molecule has 1 aliphatic heterocycles. The molecular weight excluding hydrogens is 182 g/mol. The van der Waals surface area contributed by atoms with E-state index < -0.39 is 0 Å². The Labute approximate surface area is 86.0 Å². The van der Waals surface area contributed by atoms with Gasteiger partial charge in [-0.25, -0.2) is 0 Å². The molecule has 1 fully saturated rings. The summed E-state index contributed by atoms with van der Waals surface area (Å²) in [5, 5.41) is 3.31. The summed E-state index contributed by atoms with van der Waals surface area (Å²) in [6.45, 7) is 6.73. The molecule has 0 saturated carbocycles. The molecule has 1 heterocycles. The van der Waals surface area contributed by atoms with Gasteiger partial charge in [0.05, 0.1) is 0 Å².